The maximum absolute atomic E-state index is 11.6. The molecule has 2 rings (SSSR count). The van der Waals surface area contributed by atoms with E-state index in [0.717, 1.165) is 11.8 Å². The van der Waals surface area contributed by atoms with Crippen LogP contribution in [0.15, 0.2) is 52.9 Å². The fourth-order valence-corrected chi connectivity index (χ4v) is 1.75. The minimum absolute atomic E-state index is 0.438. The van der Waals surface area contributed by atoms with E-state index >= 15 is 0 Å². The summed E-state index contributed by atoms with van der Waals surface area (Å²) < 4.78 is 1.82. The zero-order valence-electron chi connectivity index (χ0n) is 11.3. The highest BCUT2D eigenvalue weighted by atomic mass is 35.5. The number of rotatable bonds is 4. The third kappa shape index (κ3) is 4.54. The van der Waals surface area contributed by atoms with Crippen LogP contribution in [0.25, 0.3) is 0 Å². The van der Waals surface area contributed by atoms with E-state index < -0.39 is 5.91 Å². The zero-order valence-corrected chi connectivity index (χ0v) is 12.1. The van der Waals surface area contributed by atoms with Gasteiger partial charge in [0.25, 0.3) is 5.91 Å². The van der Waals surface area contributed by atoms with Crippen LogP contribution in [0.2, 0.25) is 5.15 Å². The molecule has 0 aromatic carbocycles. The fraction of sp³-hybridized carbons (Fsp3) is 0.143. The Morgan fingerprint density at radius 2 is 2.29 bits per heavy atom. The lowest BCUT2D eigenvalue weighted by Crippen LogP contribution is -2.22. The van der Waals surface area contributed by atoms with Crippen LogP contribution >= 0.6 is 11.6 Å². The molecular weight excluding hydrogens is 292 g/mol. The predicted molar refractivity (Wildman–Crippen MR) is 78.9 cm³/mol. The van der Waals surface area contributed by atoms with Crippen molar-refractivity contribution in [1.29, 1.82) is 0 Å². The minimum Gasteiger partial charge on any atom is -0.399 e. The summed E-state index contributed by atoms with van der Waals surface area (Å²) >= 11 is 5.76. The molecule has 1 amide bonds. The van der Waals surface area contributed by atoms with Crippen LogP contribution in [-0.4, -0.2) is 28.8 Å². The monoisotopic (exact) mass is 304 g/mol. The van der Waals surface area contributed by atoms with Crippen molar-refractivity contribution in [3.63, 3.8) is 0 Å². The van der Waals surface area contributed by atoms with Gasteiger partial charge in [0.1, 0.15) is 24.0 Å². The first-order valence-electron chi connectivity index (χ1n) is 6.10. The second-order valence-corrected chi connectivity index (χ2v) is 4.43. The van der Waals surface area contributed by atoms with Crippen molar-refractivity contribution in [2.45, 2.75) is 6.54 Å². The quantitative estimate of drug-likeness (QED) is 0.490. The number of oxime groups is 1. The van der Waals surface area contributed by atoms with Gasteiger partial charge in [0.2, 0.25) is 0 Å². The van der Waals surface area contributed by atoms with Crippen LogP contribution in [0, 0.1) is 0 Å². The Morgan fingerprint density at radius 3 is 3.00 bits per heavy atom. The molecule has 0 fully saturated rings. The number of aromatic nitrogens is 2. The lowest BCUT2D eigenvalue weighted by Gasteiger charge is -2.06. The number of pyridine rings is 2. The molecule has 2 heterocycles. The summed E-state index contributed by atoms with van der Waals surface area (Å²) in [4.78, 5) is 24.0. The summed E-state index contributed by atoms with van der Waals surface area (Å²) in [5, 5.41) is 3.83. The second-order valence-electron chi connectivity index (χ2n) is 4.04. The first-order chi connectivity index (χ1) is 10.2. The maximum atomic E-state index is 11.6. The third-order valence-electron chi connectivity index (χ3n) is 2.55. The summed E-state index contributed by atoms with van der Waals surface area (Å²) in [5.41, 5.74) is 1.46. The summed E-state index contributed by atoms with van der Waals surface area (Å²) in [5.74, 6) is -0.494. The Hall–Kier alpha value is -2.47. The largest absolute Gasteiger partial charge is 0.399 e. The summed E-state index contributed by atoms with van der Waals surface area (Å²) in [7, 11) is 1.36. The molecule has 0 spiro atoms. The van der Waals surface area contributed by atoms with Gasteiger partial charge in [-0.15, -0.1) is 0 Å². The number of hydrogen-bond donors (Lipinski definition) is 0. The van der Waals surface area contributed by atoms with E-state index in [0.29, 0.717) is 17.2 Å². The van der Waals surface area contributed by atoms with Crippen molar-refractivity contribution in [1.82, 2.24) is 9.55 Å². The summed E-state index contributed by atoms with van der Waals surface area (Å²) in [6.45, 7) is 0.526. The first kappa shape index (κ1) is 14.9. The summed E-state index contributed by atoms with van der Waals surface area (Å²) in [6.07, 6.45) is 4.52. The molecular formula is C14H13ClN4O2. The number of carbonyl (C=O) groups excluding carboxylic acids is 1. The second kappa shape index (κ2) is 7.35. The van der Waals surface area contributed by atoms with Gasteiger partial charge in [-0.3, -0.25) is 4.79 Å². The predicted octanol–water partition coefficient (Wildman–Crippen LogP) is 1.64. The average molecular weight is 305 g/mol. The highest BCUT2D eigenvalue weighted by Gasteiger charge is 1.99. The highest BCUT2D eigenvalue weighted by molar-refractivity contribution is 6.29. The fourth-order valence-electron chi connectivity index (χ4n) is 1.64. The molecule has 0 bridgehead atoms. The lowest BCUT2D eigenvalue weighted by molar-refractivity contribution is -0.111. The van der Waals surface area contributed by atoms with Gasteiger partial charge >= 0.3 is 0 Å². The van der Waals surface area contributed by atoms with Crippen molar-refractivity contribution in [2.75, 3.05) is 7.11 Å². The van der Waals surface area contributed by atoms with Gasteiger partial charge in [-0.2, -0.15) is 4.99 Å². The Morgan fingerprint density at radius 1 is 1.43 bits per heavy atom. The number of nitrogens with zero attached hydrogens (tertiary/aromatic N) is 4. The molecule has 0 saturated carbocycles. The van der Waals surface area contributed by atoms with Crippen molar-refractivity contribution in [3.05, 3.63) is 58.9 Å². The number of halogens is 1. The van der Waals surface area contributed by atoms with E-state index in [2.05, 4.69) is 20.0 Å². The number of carbonyl (C=O) groups is 1. The van der Waals surface area contributed by atoms with Gasteiger partial charge in [0.05, 0.1) is 6.54 Å². The Labute approximate surface area is 126 Å². The molecule has 0 atom stereocenters. The van der Waals surface area contributed by atoms with Crippen molar-refractivity contribution in [2.24, 2.45) is 10.1 Å². The SMILES string of the molecule is CO/N=C/C(=O)/N=c1\ccccn1Cc1ccc(Cl)nc1. The molecule has 2 aromatic rings. The van der Waals surface area contributed by atoms with Gasteiger partial charge in [-0.1, -0.05) is 28.9 Å². The molecule has 0 aliphatic rings. The van der Waals surface area contributed by atoms with E-state index in [9.17, 15) is 4.79 Å². The normalized spacial score (nSPS) is 11.8. The van der Waals surface area contributed by atoms with Gasteiger partial charge in [-0.05, 0) is 23.8 Å². The van der Waals surface area contributed by atoms with Crippen molar-refractivity contribution >= 4 is 23.7 Å². The molecule has 0 N–H and O–H groups in total. The van der Waals surface area contributed by atoms with Gasteiger partial charge < -0.3 is 9.40 Å². The summed E-state index contributed by atoms with van der Waals surface area (Å²) in [6, 6.07) is 8.98. The van der Waals surface area contributed by atoms with Crippen LogP contribution in [0.1, 0.15) is 5.56 Å². The van der Waals surface area contributed by atoms with Gasteiger partial charge in [0.15, 0.2) is 0 Å². The highest BCUT2D eigenvalue weighted by Crippen LogP contribution is 2.05. The van der Waals surface area contributed by atoms with Gasteiger partial charge in [0, 0.05) is 12.4 Å². The van der Waals surface area contributed by atoms with E-state index in [4.69, 9.17) is 11.6 Å². The molecule has 6 nitrogen and oxygen atoms in total. The molecule has 0 saturated heterocycles. The van der Waals surface area contributed by atoms with E-state index in [1.807, 2.05) is 22.9 Å². The van der Waals surface area contributed by atoms with Crippen molar-refractivity contribution in [3.8, 4) is 0 Å². The molecule has 21 heavy (non-hydrogen) atoms. The number of hydrogen-bond acceptors (Lipinski definition) is 4. The first-order valence-corrected chi connectivity index (χ1v) is 6.48. The Balaban J connectivity index is 2.28. The van der Waals surface area contributed by atoms with Crippen LogP contribution < -0.4 is 5.49 Å². The molecule has 108 valence electrons. The minimum atomic E-state index is -0.494. The van der Waals surface area contributed by atoms with Crippen LogP contribution in [0.4, 0.5) is 0 Å². The Kier molecular flexibility index (Phi) is 5.22. The van der Waals surface area contributed by atoms with E-state index in [1.165, 1.54) is 7.11 Å². The van der Waals surface area contributed by atoms with Gasteiger partial charge in [-0.25, -0.2) is 4.98 Å². The van der Waals surface area contributed by atoms with E-state index in [1.54, 1.807) is 24.4 Å². The smallest absolute Gasteiger partial charge is 0.293 e. The molecule has 0 radical (unpaired) electrons. The molecule has 0 unspecified atom stereocenters. The molecule has 0 aliphatic carbocycles. The standard InChI is InChI=1S/C14H13ClN4O2/c1-21-17-9-14(20)18-13-4-2-3-7-19(13)10-11-5-6-12(15)16-8-11/h2-9H,10H2,1H3/b17-9+,18-13+. The van der Waals surface area contributed by atoms with E-state index in [-0.39, 0.29) is 0 Å². The zero-order chi connectivity index (χ0) is 15.1. The number of amides is 1. The average Bonchev–Trinajstić information content (AvgIpc) is 2.49. The van der Waals surface area contributed by atoms with Crippen LogP contribution in [0.3, 0.4) is 0 Å². The molecule has 7 heteroatoms. The third-order valence-corrected chi connectivity index (χ3v) is 2.78. The van der Waals surface area contributed by atoms with Crippen LogP contribution in [-0.2, 0) is 16.2 Å². The lowest BCUT2D eigenvalue weighted by atomic mass is 10.3. The Bertz CT molecular complexity index is 707. The van der Waals surface area contributed by atoms with Crippen molar-refractivity contribution < 1.29 is 9.63 Å². The maximum Gasteiger partial charge on any atom is 0.293 e. The van der Waals surface area contributed by atoms with Crippen LogP contribution in [0.5, 0.6) is 0 Å². The molecule has 2 aromatic heterocycles. The molecule has 0 aliphatic heterocycles. The topological polar surface area (TPSA) is 68.8 Å².